The van der Waals surface area contributed by atoms with E-state index >= 15 is 0 Å². The Balaban J connectivity index is 1.72. The van der Waals surface area contributed by atoms with Gasteiger partial charge in [-0.25, -0.2) is 4.98 Å². The number of hydrogen-bond donors (Lipinski definition) is 0. The summed E-state index contributed by atoms with van der Waals surface area (Å²) in [5.41, 5.74) is 3.81. The summed E-state index contributed by atoms with van der Waals surface area (Å²) in [6, 6.07) is 14.0. The van der Waals surface area contributed by atoms with Gasteiger partial charge in [0.25, 0.3) is 5.91 Å². The second-order valence-corrected chi connectivity index (χ2v) is 7.00. The number of fused-ring (bicyclic) bond motifs is 1. The van der Waals surface area contributed by atoms with E-state index in [0.29, 0.717) is 4.88 Å². The highest BCUT2D eigenvalue weighted by molar-refractivity contribution is 7.17. The molecule has 1 aliphatic rings. The predicted molar refractivity (Wildman–Crippen MR) is 96.5 cm³/mol. The van der Waals surface area contributed by atoms with Crippen LogP contribution >= 0.6 is 11.3 Å². The third-order valence-corrected chi connectivity index (χ3v) is 5.47. The molecule has 1 atom stereocenters. The van der Waals surface area contributed by atoms with Crippen molar-refractivity contribution in [2.75, 3.05) is 4.90 Å². The summed E-state index contributed by atoms with van der Waals surface area (Å²) < 4.78 is 0. The molecule has 3 aromatic rings. The fraction of sp³-hybridized carbons (Fsp3) is 0.211. The molecule has 24 heavy (non-hydrogen) atoms. The molecule has 0 N–H and O–H groups in total. The second kappa shape index (κ2) is 5.83. The van der Waals surface area contributed by atoms with Crippen LogP contribution in [0, 0.1) is 6.92 Å². The van der Waals surface area contributed by atoms with E-state index in [1.807, 2.05) is 48.2 Å². The van der Waals surface area contributed by atoms with Gasteiger partial charge in [0.2, 0.25) is 0 Å². The van der Waals surface area contributed by atoms with Crippen molar-refractivity contribution in [1.29, 1.82) is 0 Å². The first-order valence-electron chi connectivity index (χ1n) is 7.95. The molecule has 1 aliphatic heterocycles. The van der Waals surface area contributed by atoms with Crippen molar-refractivity contribution in [3.8, 4) is 10.7 Å². The molecule has 1 aromatic carbocycles. The summed E-state index contributed by atoms with van der Waals surface area (Å²) in [6.07, 6.45) is 2.64. The van der Waals surface area contributed by atoms with Crippen LogP contribution in [0.3, 0.4) is 0 Å². The highest BCUT2D eigenvalue weighted by atomic mass is 32.1. The van der Waals surface area contributed by atoms with E-state index in [2.05, 4.69) is 23.0 Å². The van der Waals surface area contributed by atoms with Gasteiger partial charge in [-0.2, -0.15) is 0 Å². The molecule has 4 rings (SSSR count). The van der Waals surface area contributed by atoms with Crippen molar-refractivity contribution in [2.45, 2.75) is 26.3 Å². The number of anilines is 1. The third-order valence-electron chi connectivity index (χ3n) is 4.30. The zero-order valence-corrected chi connectivity index (χ0v) is 14.4. The molecule has 1 unspecified atom stereocenters. The number of carbonyl (C=O) groups is 1. The summed E-state index contributed by atoms with van der Waals surface area (Å²) in [5.74, 6) is 0.0321. The number of pyridine rings is 1. The number of aryl methyl sites for hydroxylation is 1. The van der Waals surface area contributed by atoms with E-state index in [0.717, 1.165) is 28.5 Å². The van der Waals surface area contributed by atoms with Gasteiger partial charge in [0, 0.05) is 17.9 Å². The number of amides is 1. The molecule has 0 saturated heterocycles. The van der Waals surface area contributed by atoms with Gasteiger partial charge in [-0.1, -0.05) is 24.3 Å². The van der Waals surface area contributed by atoms with Gasteiger partial charge >= 0.3 is 0 Å². The van der Waals surface area contributed by atoms with Gasteiger partial charge in [0.1, 0.15) is 9.88 Å². The minimum Gasteiger partial charge on any atom is -0.304 e. The number of benzene rings is 1. The fourth-order valence-corrected chi connectivity index (χ4v) is 4.16. The molecule has 0 spiro atoms. The molecule has 1 amide bonds. The van der Waals surface area contributed by atoms with Crippen molar-refractivity contribution in [3.05, 3.63) is 64.8 Å². The summed E-state index contributed by atoms with van der Waals surface area (Å²) >= 11 is 1.42. The zero-order chi connectivity index (χ0) is 16.7. The minimum absolute atomic E-state index is 0.0321. The van der Waals surface area contributed by atoms with Gasteiger partial charge in [-0.15, -0.1) is 11.3 Å². The summed E-state index contributed by atoms with van der Waals surface area (Å²) in [7, 11) is 0. The molecule has 5 heteroatoms. The monoisotopic (exact) mass is 335 g/mol. The minimum atomic E-state index is 0.0321. The third kappa shape index (κ3) is 2.41. The van der Waals surface area contributed by atoms with E-state index in [-0.39, 0.29) is 11.9 Å². The summed E-state index contributed by atoms with van der Waals surface area (Å²) in [6.45, 7) is 3.98. The van der Waals surface area contributed by atoms with Crippen LogP contribution in [0.15, 0.2) is 48.7 Å². The largest absolute Gasteiger partial charge is 0.304 e. The molecule has 0 aliphatic carbocycles. The van der Waals surface area contributed by atoms with E-state index in [4.69, 9.17) is 0 Å². The number of thiazole rings is 1. The Morgan fingerprint density at radius 2 is 2.00 bits per heavy atom. The number of para-hydroxylation sites is 1. The van der Waals surface area contributed by atoms with Gasteiger partial charge < -0.3 is 4.90 Å². The lowest BCUT2D eigenvalue weighted by atomic mass is 10.1. The van der Waals surface area contributed by atoms with Gasteiger partial charge in [0.05, 0.1) is 11.4 Å². The summed E-state index contributed by atoms with van der Waals surface area (Å²) in [4.78, 5) is 24.7. The van der Waals surface area contributed by atoms with Gasteiger partial charge in [-0.05, 0) is 44.0 Å². The second-order valence-electron chi connectivity index (χ2n) is 6.01. The molecule has 0 fully saturated rings. The van der Waals surface area contributed by atoms with Crippen molar-refractivity contribution >= 4 is 22.9 Å². The fourth-order valence-electron chi connectivity index (χ4n) is 3.18. The van der Waals surface area contributed by atoms with Crippen LogP contribution in [0.1, 0.15) is 27.9 Å². The molecule has 2 aromatic heterocycles. The van der Waals surface area contributed by atoms with Crippen LogP contribution in [0.4, 0.5) is 5.69 Å². The smallest absolute Gasteiger partial charge is 0.270 e. The summed E-state index contributed by atoms with van der Waals surface area (Å²) in [5, 5.41) is 0.789. The van der Waals surface area contributed by atoms with E-state index in [9.17, 15) is 4.79 Å². The number of rotatable bonds is 2. The number of hydrogen-bond acceptors (Lipinski definition) is 4. The Hall–Kier alpha value is -2.53. The molecule has 0 bridgehead atoms. The van der Waals surface area contributed by atoms with Gasteiger partial charge in [-0.3, -0.25) is 9.78 Å². The molecular weight excluding hydrogens is 318 g/mol. The molecule has 120 valence electrons. The first-order valence-corrected chi connectivity index (χ1v) is 8.77. The highest BCUT2D eigenvalue weighted by Crippen LogP contribution is 2.35. The van der Waals surface area contributed by atoms with Crippen molar-refractivity contribution in [2.24, 2.45) is 0 Å². The topological polar surface area (TPSA) is 46.1 Å². The quantitative estimate of drug-likeness (QED) is 0.708. The number of aromatic nitrogens is 2. The Bertz CT molecular complexity index is 904. The maximum Gasteiger partial charge on any atom is 0.270 e. The normalized spacial score (nSPS) is 16.2. The van der Waals surface area contributed by atoms with Crippen molar-refractivity contribution in [3.63, 3.8) is 0 Å². The molecule has 0 radical (unpaired) electrons. The number of carbonyl (C=O) groups excluding carboxylic acids is 1. The van der Waals surface area contributed by atoms with Crippen molar-refractivity contribution < 1.29 is 4.79 Å². The predicted octanol–water partition coefficient (Wildman–Crippen LogP) is 4.10. The zero-order valence-electron chi connectivity index (χ0n) is 13.6. The van der Waals surface area contributed by atoms with Crippen molar-refractivity contribution in [1.82, 2.24) is 9.97 Å². The van der Waals surface area contributed by atoms with Gasteiger partial charge in [0.15, 0.2) is 0 Å². The number of nitrogens with zero attached hydrogens (tertiary/aromatic N) is 3. The average Bonchev–Trinajstić information content (AvgIpc) is 3.14. The lowest BCUT2D eigenvalue weighted by Gasteiger charge is -2.22. The average molecular weight is 335 g/mol. The molecule has 4 nitrogen and oxygen atoms in total. The lowest BCUT2D eigenvalue weighted by Crippen LogP contribution is -2.35. The van der Waals surface area contributed by atoms with Crippen LogP contribution in [0.25, 0.3) is 10.7 Å². The SMILES string of the molecule is Cc1nc(-c2ccccn2)sc1C(=O)N1c2ccccc2CC1C. The lowest BCUT2D eigenvalue weighted by molar-refractivity contribution is 0.0984. The van der Waals surface area contributed by atoms with Crippen LogP contribution in [0.2, 0.25) is 0 Å². The Kier molecular flexibility index (Phi) is 3.65. The first kappa shape index (κ1) is 15.0. The van der Waals surface area contributed by atoms with Crippen LogP contribution in [-0.2, 0) is 6.42 Å². The molecule has 3 heterocycles. The first-order chi connectivity index (χ1) is 11.6. The Labute approximate surface area is 144 Å². The standard InChI is InChI=1S/C19H17N3OS/c1-12-11-14-7-3-4-9-16(14)22(12)19(23)17-13(2)21-18(24-17)15-8-5-6-10-20-15/h3-10,12H,11H2,1-2H3. The molecule has 0 saturated carbocycles. The van der Waals surface area contributed by atoms with Crippen LogP contribution in [-0.4, -0.2) is 21.9 Å². The highest BCUT2D eigenvalue weighted by Gasteiger charge is 2.33. The van der Waals surface area contributed by atoms with Crippen LogP contribution in [0.5, 0.6) is 0 Å². The van der Waals surface area contributed by atoms with E-state index in [1.165, 1.54) is 16.9 Å². The maximum absolute atomic E-state index is 13.2. The Morgan fingerprint density at radius 1 is 1.21 bits per heavy atom. The maximum atomic E-state index is 13.2. The van der Waals surface area contributed by atoms with Crippen LogP contribution < -0.4 is 4.90 Å². The Morgan fingerprint density at radius 3 is 2.79 bits per heavy atom. The molecular formula is C19H17N3OS. The van der Waals surface area contributed by atoms with E-state index < -0.39 is 0 Å². The van der Waals surface area contributed by atoms with E-state index in [1.54, 1.807) is 6.20 Å².